The molecule has 1 atom stereocenters. The first kappa shape index (κ1) is 17.1. The maximum absolute atomic E-state index is 12.1. The number of H-pyrrole nitrogens is 1. The molecular formula is C14H20ClN3O3S. The van der Waals surface area contributed by atoms with Crippen LogP contribution in [0.4, 0.5) is 0 Å². The molecule has 0 spiro atoms. The first-order valence-electron chi connectivity index (χ1n) is 7.09. The van der Waals surface area contributed by atoms with Gasteiger partial charge < -0.3 is 10.1 Å². The third-order valence-corrected chi connectivity index (χ3v) is 4.89. The number of benzene rings is 1. The molecule has 1 fully saturated rings. The lowest BCUT2D eigenvalue weighted by Crippen LogP contribution is -2.20. The zero-order valence-electron chi connectivity index (χ0n) is 12.3. The Kier molecular flexibility index (Phi) is 5.31. The van der Waals surface area contributed by atoms with E-state index in [4.69, 9.17) is 4.74 Å². The Morgan fingerprint density at radius 2 is 2.09 bits per heavy atom. The van der Waals surface area contributed by atoms with Gasteiger partial charge in [0.05, 0.1) is 11.7 Å². The van der Waals surface area contributed by atoms with E-state index in [9.17, 15) is 8.42 Å². The van der Waals surface area contributed by atoms with Crippen LogP contribution in [0.5, 0.6) is 5.75 Å². The molecule has 122 valence electrons. The molecule has 0 bridgehead atoms. The maximum Gasteiger partial charge on any atom is 0.179 e. The van der Waals surface area contributed by atoms with Crippen LogP contribution in [-0.2, 0) is 9.84 Å². The molecule has 0 saturated carbocycles. The van der Waals surface area contributed by atoms with Gasteiger partial charge in [0, 0.05) is 11.6 Å². The number of hydrogen-bond donors (Lipinski definition) is 2. The molecule has 2 heterocycles. The quantitative estimate of drug-likeness (QED) is 0.887. The summed E-state index contributed by atoms with van der Waals surface area (Å²) in [6.45, 7) is 1.88. The van der Waals surface area contributed by atoms with Gasteiger partial charge in [0.2, 0.25) is 0 Å². The van der Waals surface area contributed by atoms with Gasteiger partial charge in [0.15, 0.2) is 9.84 Å². The van der Waals surface area contributed by atoms with Crippen molar-refractivity contribution < 1.29 is 13.2 Å². The summed E-state index contributed by atoms with van der Waals surface area (Å²) in [6.07, 6.45) is 5.63. The average molecular weight is 346 g/mol. The van der Waals surface area contributed by atoms with Gasteiger partial charge in [-0.15, -0.1) is 12.4 Å². The summed E-state index contributed by atoms with van der Waals surface area (Å²) in [5, 5.41) is 10.6. The summed E-state index contributed by atoms with van der Waals surface area (Å²) in [6, 6.07) is 3.52. The van der Waals surface area contributed by atoms with Gasteiger partial charge in [0.25, 0.3) is 0 Å². The third kappa shape index (κ3) is 3.53. The minimum atomic E-state index is -3.39. The Balaban J connectivity index is 0.00000176. The number of rotatable bonds is 3. The number of halogens is 1. The van der Waals surface area contributed by atoms with Crippen LogP contribution in [0.1, 0.15) is 19.3 Å². The lowest BCUT2D eigenvalue weighted by Gasteiger charge is -2.19. The molecule has 2 aromatic rings. The third-order valence-electron chi connectivity index (χ3n) is 3.73. The molecule has 1 saturated heterocycles. The Hall–Kier alpha value is -1.31. The highest BCUT2D eigenvalue weighted by Gasteiger charge is 2.22. The minimum Gasteiger partial charge on any atom is -0.489 e. The van der Waals surface area contributed by atoms with Crippen LogP contribution < -0.4 is 10.1 Å². The summed E-state index contributed by atoms with van der Waals surface area (Å²) in [5.41, 5.74) is 0.699. The van der Waals surface area contributed by atoms with Crippen LogP contribution in [-0.4, -0.2) is 44.1 Å². The van der Waals surface area contributed by atoms with Gasteiger partial charge in [-0.3, -0.25) is 5.10 Å². The van der Waals surface area contributed by atoms with Crippen molar-refractivity contribution in [1.29, 1.82) is 0 Å². The fourth-order valence-electron chi connectivity index (χ4n) is 2.73. The molecule has 1 aliphatic rings. The van der Waals surface area contributed by atoms with E-state index in [0.29, 0.717) is 16.7 Å². The summed E-state index contributed by atoms with van der Waals surface area (Å²) in [7, 11) is -3.39. The summed E-state index contributed by atoms with van der Waals surface area (Å²) in [4.78, 5) is 0.228. The Morgan fingerprint density at radius 3 is 2.86 bits per heavy atom. The van der Waals surface area contributed by atoms with Gasteiger partial charge in [-0.25, -0.2) is 8.42 Å². The molecule has 3 rings (SSSR count). The fourth-order valence-corrected chi connectivity index (χ4v) is 3.78. The van der Waals surface area contributed by atoms with Crippen molar-refractivity contribution in [1.82, 2.24) is 15.5 Å². The summed E-state index contributed by atoms with van der Waals surface area (Å²) < 4.78 is 30.3. The molecule has 8 heteroatoms. The van der Waals surface area contributed by atoms with E-state index in [2.05, 4.69) is 15.5 Å². The van der Waals surface area contributed by atoms with Crippen LogP contribution in [0, 0.1) is 0 Å². The molecule has 0 radical (unpaired) electrons. The number of aromatic nitrogens is 2. The van der Waals surface area contributed by atoms with Crippen molar-refractivity contribution in [3.05, 3.63) is 18.3 Å². The number of fused-ring (bicyclic) bond motifs is 1. The van der Waals surface area contributed by atoms with E-state index in [0.717, 1.165) is 32.4 Å². The van der Waals surface area contributed by atoms with Crippen molar-refractivity contribution >= 4 is 33.1 Å². The van der Waals surface area contributed by atoms with E-state index in [1.54, 1.807) is 12.1 Å². The maximum atomic E-state index is 12.1. The number of aromatic amines is 1. The highest BCUT2D eigenvalue weighted by atomic mass is 35.5. The zero-order chi connectivity index (χ0) is 14.9. The number of nitrogens with one attached hydrogen (secondary N) is 2. The second-order valence-corrected chi connectivity index (χ2v) is 7.37. The molecule has 1 aromatic heterocycles. The van der Waals surface area contributed by atoms with Gasteiger partial charge in [-0.1, -0.05) is 0 Å². The predicted octanol–water partition coefficient (Wildman–Crippen LogP) is 1.91. The van der Waals surface area contributed by atoms with Crippen LogP contribution in [0.2, 0.25) is 0 Å². The van der Waals surface area contributed by atoms with E-state index < -0.39 is 9.84 Å². The van der Waals surface area contributed by atoms with Gasteiger partial charge in [-0.05, 0) is 44.5 Å². The minimum absolute atomic E-state index is 0. The first-order valence-corrected chi connectivity index (χ1v) is 8.98. The smallest absolute Gasteiger partial charge is 0.179 e. The molecular weight excluding hydrogens is 326 g/mol. The summed E-state index contributed by atoms with van der Waals surface area (Å²) >= 11 is 0. The molecule has 0 amide bonds. The molecule has 1 unspecified atom stereocenters. The van der Waals surface area contributed by atoms with E-state index in [-0.39, 0.29) is 23.4 Å². The number of sulfone groups is 1. The lowest BCUT2D eigenvalue weighted by molar-refractivity contribution is 0.183. The zero-order valence-corrected chi connectivity index (χ0v) is 14.0. The molecule has 6 nitrogen and oxygen atoms in total. The molecule has 0 aliphatic carbocycles. The fraction of sp³-hybridized carbons (Fsp3) is 0.500. The van der Waals surface area contributed by atoms with Crippen molar-refractivity contribution in [3.63, 3.8) is 0 Å². The van der Waals surface area contributed by atoms with Crippen molar-refractivity contribution in [3.8, 4) is 5.75 Å². The highest BCUT2D eigenvalue weighted by Crippen LogP contribution is 2.32. The van der Waals surface area contributed by atoms with Crippen molar-refractivity contribution in [2.75, 3.05) is 19.3 Å². The SMILES string of the molecule is CS(=O)(=O)c1c(OC2CCCNCC2)ccc2[nH]ncc12.Cl. The van der Waals surface area contributed by atoms with Crippen LogP contribution in [0.15, 0.2) is 23.2 Å². The highest BCUT2D eigenvalue weighted by molar-refractivity contribution is 7.91. The second kappa shape index (κ2) is 6.85. The standard InChI is InChI=1S/C14H19N3O3S.ClH/c1-21(18,19)14-11-9-16-17-12(11)4-5-13(14)20-10-3-2-7-15-8-6-10;/h4-5,9-10,15H,2-3,6-8H2,1H3,(H,16,17);1H. The largest absolute Gasteiger partial charge is 0.489 e. The van der Waals surface area contributed by atoms with Crippen LogP contribution in [0.25, 0.3) is 10.9 Å². The Labute approximate surface area is 136 Å². The molecule has 2 N–H and O–H groups in total. The van der Waals surface area contributed by atoms with Crippen LogP contribution in [0.3, 0.4) is 0 Å². The number of ether oxygens (including phenoxy) is 1. The van der Waals surface area contributed by atoms with Gasteiger partial charge in [-0.2, -0.15) is 5.10 Å². The Morgan fingerprint density at radius 1 is 1.27 bits per heavy atom. The number of nitrogens with zero attached hydrogens (tertiary/aromatic N) is 1. The van der Waals surface area contributed by atoms with Gasteiger partial charge >= 0.3 is 0 Å². The average Bonchev–Trinajstić information content (AvgIpc) is 2.74. The van der Waals surface area contributed by atoms with Crippen molar-refractivity contribution in [2.45, 2.75) is 30.3 Å². The van der Waals surface area contributed by atoms with E-state index >= 15 is 0 Å². The number of hydrogen-bond acceptors (Lipinski definition) is 5. The monoisotopic (exact) mass is 345 g/mol. The lowest BCUT2D eigenvalue weighted by atomic mass is 10.1. The normalized spacial score (nSPS) is 19.4. The molecule has 1 aromatic carbocycles. The van der Waals surface area contributed by atoms with Gasteiger partial charge in [0.1, 0.15) is 16.7 Å². The predicted molar refractivity (Wildman–Crippen MR) is 87.6 cm³/mol. The second-order valence-electron chi connectivity index (χ2n) is 5.42. The molecule has 1 aliphatic heterocycles. The van der Waals surface area contributed by atoms with E-state index in [1.807, 2.05) is 0 Å². The van der Waals surface area contributed by atoms with Crippen LogP contribution >= 0.6 is 12.4 Å². The Bertz CT molecular complexity index is 737. The van der Waals surface area contributed by atoms with E-state index in [1.165, 1.54) is 12.5 Å². The first-order chi connectivity index (χ1) is 10.1. The topological polar surface area (TPSA) is 84.1 Å². The molecule has 22 heavy (non-hydrogen) atoms. The summed E-state index contributed by atoms with van der Waals surface area (Å²) in [5.74, 6) is 0.429. The van der Waals surface area contributed by atoms with Crippen molar-refractivity contribution in [2.24, 2.45) is 0 Å².